The number of aromatic hydroxyl groups is 1. The largest absolute Gasteiger partial charge is 0.494 e. The van der Waals surface area contributed by atoms with Gasteiger partial charge >= 0.3 is 5.69 Å². The van der Waals surface area contributed by atoms with Crippen molar-refractivity contribution in [3.05, 3.63) is 26.4 Å². The van der Waals surface area contributed by atoms with Crippen LogP contribution in [0.2, 0.25) is 0 Å². The maximum absolute atomic E-state index is 11.6. The molecule has 0 aliphatic heterocycles. The lowest BCUT2D eigenvalue weighted by atomic mass is 10.1. The summed E-state index contributed by atoms with van der Waals surface area (Å²) in [6, 6.07) is 0. The van der Waals surface area contributed by atoms with E-state index >= 15 is 0 Å². The van der Waals surface area contributed by atoms with Crippen LogP contribution in [0.3, 0.4) is 0 Å². The molecule has 19 heavy (non-hydrogen) atoms. The second kappa shape index (κ2) is 6.21. The van der Waals surface area contributed by atoms with E-state index in [1.165, 1.54) is 0 Å². The molecule has 106 valence electrons. The van der Waals surface area contributed by atoms with E-state index in [1.54, 1.807) is 13.8 Å². The van der Waals surface area contributed by atoms with Crippen molar-refractivity contribution in [2.24, 2.45) is 5.73 Å². The van der Waals surface area contributed by atoms with Gasteiger partial charge in [0, 0.05) is 13.0 Å². The van der Waals surface area contributed by atoms with Crippen LogP contribution in [0.25, 0.3) is 0 Å². The molecular formula is C12H19N3O4. The van der Waals surface area contributed by atoms with Crippen LogP contribution in [0.1, 0.15) is 44.6 Å². The molecule has 0 unspecified atom stereocenters. The van der Waals surface area contributed by atoms with Crippen LogP contribution in [0.15, 0.2) is 9.59 Å². The number of H-pyrrole nitrogens is 1. The Kier molecular flexibility index (Phi) is 4.91. The summed E-state index contributed by atoms with van der Waals surface area (Å²) < 4.78 is 1.11. The van der Waals surface area contributed by atoms with Gasteiger partial charge in [-0.25, -0.2) is 4.79 Å². The number of carbonyl (C=O) groups excluding carboxylic acids is 1. The lowest BCUT2D eigenvalue weighted by Gasteiger charge is -2.12. The molecule has 1 rings (SSSR count). The van der Waals surface area contributed by atoms with E-state index < -0.39 is 17.2 Å². The number of aromatic amines is 1. The highest BCUT2D eigenvalue weighted by atomic mass is 16.3. The summed E-state index contributed by atoms with van der Waals surface area (Å²) in [6.45, 7) is 3.74. The standard InChI is InChI=1S/C12H19N3O4/c1-7(2)9-10(17)14-12(19)15(11(9)18)6-4-3-5-8(13)16/h7,18H,3-6H2,1-2H3,(H2,13,16)(H,14,17,19). The quantitative estimate of drug-likeness (QED) is 0.631. The smallest absolute Gasteiger partial charge is 0.331 e. The molecule has 0 bridgehead atoms. The molecule has 7 nitrogen and oxygen atoms in total. The monoisotopic (exact) mass is 269 g/mol. The number of rotatable bonds is 6. The third-order valence-corrected chi connectivity index (χ3v) is 2.84. The Morgan fingerprint density at radius 2 is 2.00 bits per heavy atom. The van der Waals surface area contributed by atoms with E-state index in [0.717, 1.165) is 4.57 Å². The van der Waals surface area contributed by atoms with Gasteiger partial charge in [-0.2, -0.15) is 0 Å². The molecule has 1 heterocycles. The van der Waals surface area contributed by atoms with E-state index in [4.69, 9.17) is 5.73 Å². The zero-order chi connectivity index (χ0) is 14.6. The summed E-state index contributed by atoms with van der Waals surface area (Å²) in [7, 11) is 0. The maximum Gasteiger partial charge on any atom is 0.331 e. The lowest BCUT2D eigenvalue weighted by Crippen LogP contribution is -2.32. The van der Waals surface area contributed by atoms with Crippen LogP contribution in [-0.2, 0) is 11.3 Å². The summed E-state index contributed by atoms with van der Waals surface area (Å²) in [5.41, 5.74) is 3.99. The Morgan fingerprint density at radius 3 is 2.53 bits per heavy atom. The summed E-state index contributed by atoms with van der Waals surface area (Å²) in [5, 5.41) is 9.98. The number of primary amides is 1. The minimum Gasteiger partial charge on any atom is -0.494 e. The van der Waals surface area contributed by atoms with Crippen LogP contribution in [0.5, 0.6) is 5.88 Å². The van der Waals surface area contributed by atoms with Gasteiger partial charge in [0.15, 0.2) is 0 Å². The van der Waals surface area contributed by atoms with Gasteiger partial charge in [0.1, 0.15) is 0 Å². The zero-order valence-corrected chi connectivity index (χ0v) is 11.1. The number of hydrogen-bond acceptors (Lipinski definition) is 4. The molecule has 4 N–H and O–H groups in total. The molecule has 0 aliphatic rings. The highest BCUT2D eigenvalue weighted by molar-refractivity contribution is 5.73. The number of nitrogens with zero attached hydrogens (tertiary/aromatic N) is 1. The van der Waals surface area contributed by atoms with Gasteiger partial charge in [-0.15, -0.1) is 0 Å². The molecule has 0 aliphatic carbocycles. The first kappa shape index (κ1) is 15.0. The Balaban J connectivity index is 2.95. The van der Waals surface area contributed by atoms with E-state index in [9.17, 15) is 19.5 Å². The summed E-state index contributed by atoms with van der Waals surface area (Å²) >= 11 is 0. The van der Waals surface area contributed by atoms with Crippen LogP contribution < -0.4 is 17.0 Å². The van der Waals surface area contributed by atoms with Crippen LogP contribution >= 0.6 is 0 Å². The topological polar surface area (TPSA) is 118 Å². The van der Waals surface area contributed by atoms with Crippen LogP contribution in [0.4, 0.5) is 0 Å². The minimum atomic E-state index is -0.647. The normalized spacial score (nSPS) is 10.9. The van der Waals surface area contributed by atoms with E-state index in [2.05, 4.69) is 4.98 Å². The number of amides is 1. The average molecular weight is 269 g/mol. The van der Waals surface area contributed by atoms with Crippen molar-refractivity contribution in [3.63, 3.8) is 0 Å². The number of hydrogen-bond donors (Lipinski definition) is 3. The van der Waals surface area contributed by atoms with Gasteiger partial charge in [0.2, 0.25) is 11.8 Å². The van der Waals surface area contributed by atoms with Gasteiger partial charge in [-0.05, 0) is 18.8 Å². The highest BCUT2D eigenvalue weighted by Crippen LogP contribution is 2.19. The molecule has 0 fully saturated rings. The SMILES string of the molecule is CC(C)c1c(O)n(CCCCC(N)=O)c(=O)[nH]c1=O. The third-order valence-electron chi connectivity index (χ3n) is 2.84. The fourth-order valence-corrected chi connectivity index (χ4v) is 1.87. The molecule has 0 saturated heterocycles. The predicted octanol–water partition coefficient (Wildman–Crippen LogP) is 0.0212. The molecule has 0 saturated carbocycles. The summed E-state index contributed by atoms with van der Waals surface area (Å²) in [6.07, 6.45) is 1.27. The van der Waals surface area contributed by atoms with Gasteiger partial charge in [0.25, 0.3) is 5.56 Å². The highest BCUT2D eigenvalue weighted by Gasteiger charge is 2.16. The Labute approximate surface area is 110 Å². The first-order chi connectivity index (χ1) is 8.84. The van der Waals surface area contributed by atoms with E-state index in [-0.39, 0.29) is 30.3 Å². The first-order valence-electron chi connectivity index (χ1n) is 6.19. The third kappa shape index (κ3) is 3.70. The van der Waals surface area contributed by atoms with Crippen molar-refractivity contribution in [1.82, 2.24) is 9.55 Å². The molecule has 1 amide bonds. The number of nitrogens with two attached hydrogens (primary N) is 1. The molecule has 0 spiro atoms. The molecule has 1 aromatic rings. The Hall–Kier alpha value is -2.05. The molecule has 1 aromatic heterocycles. The first-order valence-corrected chi connectivity index (χ1v) is 6.19. The second-order valence-electron chi connectivity index (χ2n) is 4.73. The molecular weight excluding hydrogens is 250 g/mol. The molecule has 7 heteroatoms. The number of unbranched alkanes of at least 4 members (excludes halogenated alkanes) is 1. The summed E-state index contributed by atoms with van der Waals surface area (Å²) in [5.74, 6) is -0.898. The fraction of sp³-hybridized carbons (Fsp3) is 0.583. The van der Waals surface area contributed by atoms with Crippen molar-refractivity contribution in [2.75, 3.05) is 0 Å². The molecule has 0 radical (unpaired) electrons. The van der Waals surface area contributed by atoms with Gasteiger partial charge < -0.3 is 10.8 Å². The van der Waals surface area contributed by atoms with Crippen molar-refractivity contribution < 1.29 is 9.90 Å². The minimum absolute atomic E-state index is 0.189. The Morgan fingerprint density at radius 1 is 1.37 bits per heavy atom. The molecule has 0 aromatic carbocycles. The lowest BCUT2D eigenvalue weighted by molar-refractivity contribution is -0.118. The van der Waals surface area contributed by atoms with Crippen LogP contribution in [-0.4, -0.2) is 20.6 Å². The van der Waals surface area contributed by atoms with Crippen molar-refractivity contribution in [1.29, 1.82) is 0 Å². The van der Waals surface area contributed by atoms with Crippen molar-refractivity contribution >= 4 is 5.91 Å². The van der Waals surface area contributed by atoms with E-state index in [1.807, 2.05) is 0 Å². The van der Waals surface area contributed by atoms with Crippen LogP contribution in [0, 0.1) is 0 Å². The van der Waals surface area contributed by atoms with E-state index in [0.29, 0.717) is 12.8 Å². The van der Waals surface area contributed by atoms with Gasteiger partial charge in [-0.3, -0.25) is 19.1 Å². The van der Waals surface area contributed by atoms with Crippen molar-refractivity contribution in [2.45, 2.75) is 45.6 Å². The average Bonchev–Trinajstić information content (AvgIpc) is 2.26. The molecule has 0 atom stereocenters. The fourth-order valence-electron chi connectivity index (χ4n) is 1.87. The second-order valence-corrected chi connectivity index (χ2v) is 4.73. The zero-order valence-electron chi connectivity index (χ0n) is 11.1. The Bertz CT molecular complexity index is 571. The van der Waals surface area contributed by atoms with Gasteiger partial charge in [-0.1, -0.05) is 13.8 Å². The number of aromatic nitrogens is 2. The van der Waals surface area contributed by atoms with Crippen molar-refractivity contribution in [3.8, 4) is 5.88 Å². The number of nitrogens with one attached hydrogen (secondary N) is 1. The predicted molar refractivity (Wildman–Crippen MR) is 70.1 cm³/mol. The van der Waals surface area contributed by atoms with Gasteiger partial charge in [0.05, 0.1) is 5.56 Å². The number of carbonyl (C=O) groups is 1. The summed E-state index contributed by atoms with van der Waals surface area (Å²) in [4.78, 5) is 36.0. The maximum atomic E-state index is 11.6.